The van der Waals surface area contributed by atoms with Crippen LogP contribution in [0.15, 0.2) is 0 Å². The van der Waals surface area contributed by atoms with E-state index < -0.39 is 5.91 Å². The van der Waals surface area contributed by atoms with Gasteiger partial charge in [0.2, 0.25) is 11.2 Å². The summed E-state index contributed by atoms with van der Waals surface area (Å²) in [4.78, 5) is 10.4. The van der Waals surface area contributed by atoms with Crippen molar-refractivity contribution in [2.75, 3.05) is 0 Å². The van der Waals surface area contributed by atoms with Crippen LogP contribution in [0, 0.1) is 5.92 Å². The van der Waals surface area contributed by atoms with Gasteiger partial charge in [0.25, 0.3) is 0 Å². The van der Waals surface area contributed by atoms with E-state index in [0.717, 1.165) is 0 Å². The molecule has 0 heterocycles. The molecule has 3 nitrogen and oxygen atoms in total. The molecule has 9 heavy (non-hydrogen) atoms. The predicted octanol–water partition coefficient (Wildman–Crippen LogP) is -0.0756. The first-order valence-corrected chi connectivity index (χ1v) is 3.48. The summed E-state index contributed by atoms with van der Waals surface area (Å²) >= 11 is 0.410. The third kappa shape index (κ3) is 2.51. The Kier molecular flexibility index (Phi) is 3.30. The third-order valence-electron chi connectivity index (χ3n) is 1.30. The Balaban J connectivity index is 3.86. The monoisotopic (exact) mass is 148 g/mol. The molecule has 2 N–H and O–H groups in total. The number of carbonyl (C=O) groups is 1. The molecule has 0 radical (unpaired) electrons. The number of nitrogens with two attached hydrogens (primary N) is 1. The quantitative estimate of drug-likeness (QED) is 0.569. The summed E-state index contributed by atoms with van der Waals surface area (Å²) in [5, 5.41) is -0.220. The van der Waals surface area contributed by atoms with Gasteiger partial charge in [-0.1, -0.05) is 0 Å². The fraction of sp³-hybridized carbons (Fsp3) is 0.800. The van der Waals surface area contributed by atoms with Gasteiger partial charge < -0.3 is 5.73 Å². The summed E-state index contributed by atoms with van der Waals surface area (Å²) in [5.41, 5.74) is 4.92. The molecule has 0 aromatic rings. The summed E-state index contributed by atoms with van der Waals surface area (Å²) in [6.45, 7) is 3.34. The largest absolute Gasteiger partial charge is 0.462 e. The molecule has 52 valence electrons. The fourth-order valence-electron chi connectivity index (χ4n) is 0.315. The molecule has 4 heteroatoms. The summed E-state index contributed by atoms with van der Waals surface area (Å²) in [6.07, 6.45) is 0. The number of carbonyl (C=O) groups excluding carboxylic acids is 1. The summed E-state index contributed by atoms with van der Waals surface area (Å²) in [6, 6.07) is 0. The van der Waals surface area contributed by atoms with Crippen LogP contribution >= 0.6 is 0 Å². The fourth-order valence-corrected chi connectivity index (χ4v) is 0.615. The molecule has 0 fully saturated rings. The van der Waals surface area contributed by atoms with E-state index in [1.54, 1.807) is 13.8 Å². The van der Waals surface area contributed by atoms with Crippen LogP contribution in [-0.2, 0) is 20.7 Å². The maximum Gasteiger partial charge on any atom is 0.462 e. The lowest BCUT2D eigenvalue weighted by Crippen LogP contribution is -2.28. The SMILES string of the molecule is CC([S+]=O)C(C)C(N)=O. The minimum absolute atomic E-state index is 0.220. The van der Waals surface area contributed by atoms with Crippen LogP contribution in [0.5, 0.6) is 0 Å². The average molecular weight is 148 g/mol. The van der Waals surface area contributed by atoms with Crippen molar-refractivity contribution in [3.8, 4) is 0 Å². The second-order valence-corrected chi connectivity index (χ2v) is 2.93. The predicted molar refractivity (Wildman–Crippen MR) is 35.9 cm³/mol. The number of rotatable bonds is 3. The van der Waals surface area contributed by atoms with E-state index in [0.29, 0.717) is 11.7 Å². The molecule has 0 aliphatic rings. The molecule has 1 amide bonds. The first-order chi connectivity index (χ1) is 4.09. The lowest BCUT2D eigenvalue weighted by atomic mass is 10.1. The van der Waals surface area contributed by atoms with Crippen LogP contribution in [0.3, 0.4) is 0 Å². The van der Waals surface area contributed by atoms with Gasteiger partial charge in [0.1, 0.15) is 0 Å². The van der Waals surface area contributed by atoms with Crippen molar-refractivity contribution in [3.63, 3.8) is 0 Å². The van der Waals surface area contributed by atoms with Gasteiger partial charge in [-0.05, 0) is 13.8 Å². The Hall–Kier alpha value is -0.510. The smallest absolute Gasteiger partial charge is 0.369 e. The van der Waals surface area contributed by atoms with E-state index in [4.69, 9.17) is 5.73 Å². The number of hydrogen-bond donors (Lipinski definition) is 1. The summed E-state index contributed by atoms with van der Waals surface area (Å²) in [7, 11) is 0. The van der Waals surface area contributed by atoms with Crippen molar-refractivity contribution in [3.05, 3.63) is 0 Å². The van der Waals surface area contributed by atoms with E-state index in [9.17, 15) is 9.00 Å². The van der Waals surface area contributed by atoms with E-state index in [-0.39, 0.29) is 11.2 Å². The van der Waals surface area contributed by atoms with Crippen molar-refractivity contribution in [2.45, 2.75) is 19.1 Å². The van der Waals surface area contributed by atoms with Gasteiger partial charge in [0.15, 0.2) is 0 Å². The Morgan fingerprint density at radius 2 is 2.00 bits per heavy atom. The molecule has 0 spiro atoms. The van der Waals surface area contributed by atoms with Crippen LogP contribution in [0.2, 0.25) is 0 Å². The Bertz CT molecular complexity index is 126. The van der Waals surface area contributed by atoms with Crippen LogP contribution in [0.25, 0.3) is 0 Å². The lowest BCUT2D eigenvalue weighted by Gasteiger charge is -1.98. The second kappa shape index (κ2) is 3.50. The molecule has 0 aromatic heterocycles. The molecule has 0 aliphatic heterocycles. The zero-order valence-corrected chi connectivity index (χ0v) is 6.27. The Morgan fingerprint density at radius 1 is 1.56 bits per heavy atom. The van der Waals surface area contributed by atoms with Gasteiger partial charge >= 0.3 is 11.7 Å². The molecule has 0 aliphatic carbocycles. The van der Waals surface area contributed by atoms with Crippen LogP contribution in [0.4, 0.5) is 0 Å². The highest BCUT2D eigenvalue weighted by atomic mass is 32.1. The van der Waals surface area contributed by atoms with Crippen LogP contribution < -0.4 is 5.73 Å². The average Bonchev–Trinajstić information content (AvgIpc) is 1.84. The van der Waals surface area contributed by atoms with Crippen molar-refractivity contribution in [1.29, 1.82) is 0 Å². The lowest BCUT2D eigenvalue weighted by molar-refractivity contribution is -0.121. The first kappa shape index (κ1) is 8.49. The number of amides is 1. The minimum atomic E-state index is -0.411. The van der Waals surface area contributed by atoms with Gasteiger partial charge in [0.05, 0.1) is 5.92 Å². The van der Waals surface area contributed by atoms with Crippen molar-refractivity contribution < 1.29 is 9.00 Å². The zero-order valence-electron chi connectivity index (χ0n) is 5.46. The Labute approximate surface area is 58.1 Å². The molecule has 2 atom stereocenters. The molecular formula is C5H10NO2S+. The standard InChI is InChI=1S/C5H9NO2S/c1-3(5(6)7)4(2)9-8/h3-4H,1-2H3,(H-,6,7)/p+1. The van der Waals surface area contributed by atoms with Crippen LogP contribution in [0.1, 0.15) is 13.8 Å². The van der Waals surface area contributed by atoms with Gasteiger partial charge in [-0.2, -0.15) is 0 Å². The zero-order chi connectivity index (χ0) is 7.44. The Morgan fingerprint density at radius 3 is 2.11 bits per heavy atom. The van der Waals surface area contributed by atoms with E-state index in [2.05, 4.69) is 0 Å². The van der Waals surface area contributed by atoms with E-state index in [1.165, 1.54) is 0 Å². The molecular weight excluding hydrogens is 138 g/mol. The van der Waals surface area contributed by atoms with E-state index in [1.807, 2.05) is 0 Å². The number of hydrogen-bond acceptors (Lipinski definition) is 2. The highest BCUT2D eigenvalue weighted by Crippen LogP contribution is 2.01. The second-order valence-electron chi connectivity index (χ2n) is 1.99. The maximum atomic E-state index is 10.4. The highest BCUT2D eigenvalue weighted by Gasteiger charge is 2.27. The molecule has 2 unspecified atom stereocenters. The topological polar surface area (TPSA) is 60.2 Å². The van der Waals surface area contributed by atoms with Gasteiger partial charge in [0, 0.05) is 4.21 Å². The molecule has 0 saturated heterocycles. The maximum absolute atomic E-state index is 10.4. The van der Waals surface area contributed by atoms with E-state index >= 15 is 0 Å². The third-order valence-corrected chi connectivity index (χ3v) is 2.02. The van der Waals surface area contributed by atoms with Gasteiger partial charge in [-0.3, -0.25) is 4.79 Å². The van der Waals surface area contributed by atoms with Crippen molar-refractivity contribution in [1.82, 2.24) is 0 Å². The minimum Gasteiger partial charge on any atom is -0.369 e. The summed E-state index contributed by atoms with van der Waals surface area (Å²) < 4.78 is 10.1. The summed E-state index contributed by atoms with van der Waals surface area (Å²) in [5.74, 6) is -0.738. The van der Waals surface area contributed by atoms with Gasteiger partial charge in [-0.15, -0.1) is 0 Å². The molecule has 0 rings (SSSR count). The van der Waals surface area contributed by atoms with Crippen molar-refractivity contribution in [2.24, 2.45) is 11.7 Å². The first-order valence-electron chi connectivity index (χ1n) is 2.67. The molecule has 0 bridgehead atoms. The van der Waals surface area contributed by atoms with Gasteiger partial charge in [-0.25, -0.2) is 0 Å². The molecule has 0 aromatic carbocycles. The highest BCUT2D eigenvalue weighted by molar-refractivity contribution is 7.66. The normalized spacial score (nSPS) is 16.2. The molecule has 0 saturated carbocycles. The van der Waals surface area contributed by atoms with Crippen molar-refractivity contribution >= 4 is 17.6 Å². The van der Waals surface area contributed by atoms with Crippen LogP contribution in [-0.4, -0.2) is 11.2 Å². The number of primary amides is 1.